The van der Waals surface area contributed by atoms with Crippen LogP contribution in [0.2, 0.25) is 5.02 Å². The Morgan fingerprint density at radius 3 is 2.47 bits per heavy atom. The quantitative estimate of drug-likeness (QED) is 0.341. The Labute approximate surface area is 183 Å². The van der Waals surface area contributed by atoms with E-state index in [-0.39, 0.29) is 18.5 Å². The molecule has 1 saturated heterocycles. The average molecular weight is 442 g/mol. The number of thioether (sulfide) groups is 1. The molecule has 0 aliphatic carbocycles. The molecule has 0 radical (unpaired) electrons. The Balaban J connectivity index is 1.55. The van der Waals surface area contributed by atoms with Crippen molar-refractivity contribution in [1.29, 1.82) is 0 Å². The molecule has 3 aromatic rings. The Morgan fingerprint density at radius 1 is 1.07 bits per heavy atom. The van der Waals surface area contributed by atoms with Crippen molar-refractivity contribution in [2.45, 2.75) is 18.5 Å². The number of hydrogen-bond acceptors (Lipinski definition) is 5. The van der Waals surface area contributed by atoms with E-state index in [9.17, 15) is 9.59 Å². The van der Waals surface area contributed by atoms with Crippen LogP contribution in [0.4, 0.5) is 4.79 Å². The normalized spacial score (nSPS) is 13.7. The summed E-state index contributed by atoms with van der Waals surface area (Å²) in [7, 11) is 0. The Hall–Kier alpha value is -2.84. The predicted molar refractivity (Wildman–Crippen MR) is 117 cm³/mol. The van der Waals surface area contributed by atoms with E-state index in [1.807, 2.05) is 60.0 Å². The lowest BCUT2D eigenvalue weighted by Crippen LogP contribution is -2.32. The van der Waals surface area contributed by atoms with E-state index >= 15 is 0 Å². The Morgan fingerprint density at radius 2 is 1.80 bits per heavy atom. The van der Waals surface area contributed by atoms with Crippen molar-refractivity contribution in [3.8, 4) is 17.1 Å². The highest BCUT2D eigenvalue weighted by Gasteiger charge is 2.27. The van der Waals surface area contributed by atoms with Crippen LogP contribution >= 0.6 is 23.4 Å². The summed E-state index contributed by atoms with van der Waals surface area (Å²) in [6.45, 7) is 2.51. The fraction of sp³-hybridized carbons (Fsp3) is 0.238. The zero-order valence-corrected chi connectivity index (χ0v) is 17.9. The maximum atomic E-state index is 11.7. The first-order valence-electron chi connectivity index (χ1n) is 9.52. The van der Waals surface area contributed by atoms with Crippen LogP contribution in [0.1, 0.15) is 12.0 Å². The van der Waals surface area contributed by atoms with E-state index < -0.39 is 0 Å². The van der Waals surface area contributed by atoms with Gasteiger partial charge < -0.3 is 5.32 Å². The van der Waals surface area contributed by atoms with Gasteiger partial charge in [0.15, 0.2) is 11.0 Å². The SMILES string of the molecule is Cc1ccc(-n2c(SCCCN3C(=O)CNC3=O)nnc2-c2ccc(Cl)cc2)cc1. The lowest BCUT2D eigenvalue weighted by molar-refractivity contribution is -0.124. The smallest absolute Gasteiger partial charge is 0.324 e. The lowest BCUT2D eigenvalue weighted by Gasteiger charge is -2.13. The number of halogens is 1. The number of nitrogens with zero attached hydrogens (tertiary/aromatic N) is 4. The summed E-state index contributed by atoms with van der Waals surface area (Å²) in [6.07, 6.45) is 0.668. The molecule has 0 unspecified atom stereocenters. The van der Waals surface area contributed by atoms with E-state index in [4.69, 9.17) is 11.6 Å². The van der Waals surface area contributed by atoms with Gasteiger partial charge >= 0.3 is 6.03 Å². The molecule has 0 saturated carbocycles. The van der Waals surface area contributed by atoms with E-state index in [0.29, 0.717) is 23.7 Å². The molecule has 2 aromatic carbocycles. The van der Waals surface area contributed by atoms with Gasteiger partial charge in [-0.15, -0.1) is 10.2 Å². The summed E-state index contributed by atoms with van der Waals surface area (Å²) in [6, 6.07) is 15.3. The Bertz CT molecular complexity index is 1050. The summed E-state index contributed by atoms with van der Waals surface area (Å²) < 4.78 is 2.01. The van der Waals surface area contributed by atoms with Crippen LogP contribution in [-0.4, -0.2) is 50.4 Å². The summed E-state index contributed by atoms with van der Waals surface area (Å²) >= 11 is 7.58. The van der Waals surface area contributed by atoms with Crippen molar-refractivity contribution in [3.63, 3.8) is 0 Å². The maximum Gasteiger partial charge on any atom is 0.324 e. The number of hydrogen-bond donors (Lipinski definition) is 1. The Kier molecular flexibility index (Phi) is 6.06. The van der Waals surface area contributed by atoms with Gasteiger partial charge in [-0.1, -0.05) is 41.1 Å². The molecule has 1 N–H and O–H groups in total. The molecular weight excluding hydrogens is 422 g/mol. The molecule has 154 valence electrons. The minimum Gasteiger partial charge on any atom is -0.329 e. The van der Waals surface area contributed by atoms with Crippen LogP contribution < -0.4 is 5.32 Å². The van der Waals surface area contributed by atoms with Crippen LogP contribution in [0.3, 0.4) is 0 Å². The zero-order chi connectivity index (χ0) is 21.1. The number of carbonyl (C=O) groups excluding carboxylic acids is 2. The molecular formula is C21H20ClN5O2S. The number of imide groups is 1. The predicted octanol–water partition coefficient (Wildman–Crippen LogP) is 3.93. The zero-order valence-electron chi connectivity index (χ0n) is 16.3. The number of carbonyl (C=O) groups is 2. The summed E-state index contributed by atoms with van der Waals surface area (Å²) in [5, 5.41) is 12.8. The molecule has 2 heterocycles. The van der Waals surface area contributed by atoms with Gasteiger partial charge in [-0.25, -0.2) is 4.79 Å². The molecule has 1 aliphatic rings. The van der Waals surface area contributed by atoms with Gasteiger partial charge in [-0.05, 0) is 49.7 Å². The molecule has 30 heavy (non-hydrogen) atoms. The summed E-state index contributed by atoms with van der Waals surface area (Å²) in [5.74, 6) is 1.24. The fourth-order valence-electron chi connectivity index (χ4n) is 3.14. The number of aryl methyl sites for hydroxylation is 1. The highest BCUT2D eigenvalue weighted by molar-refractivity contribution is 7.99. The second-order valence-corrected chi connectivity index (χ2v) is 8.39. The first-order valence-corrected chi connectivity index (χ1v) is 10.9. The average Bonchev–Trinajstić information content (AvgIpc) is 3.30. The minimum absolute atomic E-state index is 0.0815. The molecule has 0 atom stereocenters. The number of nitrogens with one attached hydrogen (secondary N) is 1. The van der Waals surface area contributed by atoms with Gasteiger partial charge in [0.05, 0.1) is 6.54 Å². The number of aromatic nitrogens is 3. The third-order valence-corrected chi connectivity index (χ3v) is 5.99. The second-order valence-electron chi connectivity index (χ2n) is 6.89. The van der Waals surface area contributed by atoms with Crippen LogP contribution in [0.15, 0.2) is 53.7 Å². The second kappa shape index (κ2) is 8.89. The highest BCUT2D eigenvalue weighted by atomic mass is 35.5. The number of benzene rings is 2. The molecule has 9 heteroatoms. The van der Waals surface area contributed by atoms with E-state index in [2.05, 4.69) is 15.5 Å². The van der Waals surface area contributed by atoms with Gasteiger partial charge in [0.1, 0.15) is 0 Å². The standard InChI is InChI=1S/C21H20ClN5O2S/c1-14-3-9-17(10-4-14)27-19(15-5-7-16(22)8-6-15)24-25-21(27)30-12-2-11-26-18(28)13-23-20(26)29/h3-10H,2,11-13H2,1H3,(H,23,29). The van der Waals surface area contributed by atoms with Crippen molar-refractivity contribution in [2.24, 2.45) is 0 Å². The molecule has 7 nitrogen and oxygen atoms in total. The summed E-state index contributed by atoms with van der Waals surface area (Å²) in [4.78, 5) is 24.6. The third kappa shape index (κ3) is 4.34. The molecule has 3 amide bonds. The number of amides is 3. The molecule has 1 fully saturated rings. The minimum atomic E-state index is -0.321. The number of urea groups is 1. The monoisotopic (exact) mass is 441 g/mol. The molecule has 1 aliphatic heterocycles. The van der Waals surface area contributed by atoms with Gasteiger partial charge in [0.2, 0.25) is 5.91 Å². The van der Waals surface area contributed by atoms with Gasteiger partial charge in [-0.3, -0.25) is 14.3 Å². The van der Waals surface area contributed by atoms with E-state index in [1.54, 1.807) is 11.8 Å². The highest BCUT2D eigenvalue weighted by Crippen LogP contribution is 2.29. The van der Waals surface area contributed by atoms with Crippen molar-refractivity contribution in [1.82, 2.24) is 25.0 Å². The molecule has 1 aromatic heterocycles. The van der Waals surface area contributed by atoms with Crippen molar-refractivity contribution in [2.75, 3.05) is 18.8 Å². The van der Waals surface area contributed by atoms with Crippen LogP contribution in [0, 0.1) is 6.92 Å². The molecule has 4 rings (SSSR count). The molecule has 0 bridgehead atoms. The van der Waals surface area contributed by atoms with Crippen LogP contribution in [0.25, 0.3) is 17.1 Å². The van der Waals surface area contributed by atoms with Crippen LogP contribution in [-0.2, 0) is 4.79 Å². The van der Waals surface area contributed by atoms with Crippen LogP contribution in [0.5, 0.6) is 0 Å². The van der Waals surface area contributed by atoms with Gasteiger partial charge in [0, 0.05) is 28.6 Å². The summed E-state index contributed by atoms with van der Waals surface area (Å²) in [5.41, 5.74) is 3.05. The topological polar surface area (TPSA) is 80.1 Å². The van der Waals surface area contributed by atoms with Gasteiger partial charge in [-0.2, -0.15) is 0 Å². The first kappa shape index (κ1) is 20.4. The number of rotatable bonds is 7. The van der Waals surface area contributed by atoms with E-state index in [1.165, 1.54) is 10.5 Å². The van der Waals surface area contributed by atoms with Crippen molar-refractivity contribution >= 4 is 35.3 Å². The third-order valence-electron chi connectivity index (χ3n) is 4.72. The fourth-order valence-corrected chi connectivity index (χ4v) is 4.15. The maximum absolute atomic E-state index is 11.7. The van der Waals surface area contributed by atoms with Gasteiger partial charge in [0.25, 0.3) is 0 Å². The largest absolute Gasteiger partial charge is 0.329 e. The first-order chi connectivity index (χ1) is 14.5. The lowest BCUT2D eigenvalue weighted by atomic mass is 10.2. The molecule has 0 spiro atoms. The van der Waals surface area contributed by atoms with Crippen molar-refractivity contribution in [3.05, 3.63) is 59.1 Å². The van der Waals surface area contributed by atoms with E-state index in [0.717, 1.165) is 22.2 Å². The van der Waals surface area contributed by atoms with Crippen molar-refractivity contribution < 1.29 is 9.59 Å².